The average molecular weight is 262 g/mol. The Morgan fingerprint density at radius 1 is 1.05 bits per heavy atom. The molecule has 0 saturated heterocycles. The van der Waals surface area contributed by atoms with Crippen LogP contribution in [0.1, 0.15) is 45.1 Å². The summed E-state index contributed by atoms with van der Waals surface area (Å²) in [4.78, 5) is 0. The molecule has 2 heteroatoms. The van der Waals surface area contributed by atoms with Crippen molar-refractivity contribution >= 4 is 0 Å². The zero-order chi connectivity index (χ0) is 13.9. The summed E-state index contributed by atoms with van der Waals surface area (Å²) < 4.78 is 11.6. The van der Waals surface area contributed by atoms with Crippen LogP contribution in [0.2, 0.25) is 0 Å². The number of unbranched alkanes of at least 4 members (excludes halogenated alkanes) is 2. The van der Waals surface area contributed by atoms with Crippen molar-refractivity contribution in [2.75, 3.05) is 13.2 Å². The zero-order valence-corrected chi connectivity index (χ0v) is 12.3. The Kier molecular flexibility index (Phi) is 7.80. The van der Waals surface area contributed by atoms with E-state index in [1.54, 1.807) is 0 Å². The third kappa shape index (κ3) is 5.82. The largest absolute Gasteiger partial charge is 0.493 e. The minimum Gasteiger partial charge on any atom is -0.493 e. The third-order valence-corrected chi connectivity index (χ3v) is 2.92. The number of rotatable bonds is 10. The van der Waals surface area contributed by atoms with Crippen molar-refractivity contribution in [3.05, 3.63) is 36.4 Å². The smallest absolute Gasteiger partial charge is 0.126 e. The molecule has 0 spiro atoms. The van der Waals surface area contributed by atoms with Crippen LogP contribution in [-0.4, -0.2) is 13.2 Å². The number of allylic oxidation sites excluding steroid dienone is 1. The molecule has 1 rings (SSSR count). The highest BCUT2D eigenvalue weighted by atomic mass is 16.5. The fraction of sp³-hybridized carbons (Fsp3) is 0.529. The lowest BCUT2D eigenvalue weighted by molar-refractivity contribution is 0.292. The second kappa shape index (κ2) is 9.48. The molecule has 0 heterocycles. The molecule has 2 nitrogen and oxygen atoms in total. The summed E-state index contributed by atoms with van der Waals surface area (Å²) in [6, 6.07) is 6.09. The van der Waals surface area contributed by atoms with Crippen molar-refractivity contribution in [2.45, 2.75) is 46.0 Å². The Morgan fingerprint density at radius 3 is 2.37 bits per heavy atom. The number of ether oxygens (including phenoxy) is 2. The Bertz CT molecular complexity index is 372. The minimum absolute atomic E-state index is 0.763. The molecule has 0 aromatic heterocycles. The van der Waals surface area contributed by atoms with E-state index in [-0.39, 0.29) is 0 Å². The van der Waals surface area contributed by atoms with Crippen molar-refractivity contribution in [1.29, 1.82) is 0 Å². The van der Waals surface area contributed by atoms with Crippen molar-refractivity contribution in [3.8, 4) is 11.5 Å². The van der Waals surface area contributed by atoms with Crippen molar-refractivity contribution in [1.82, 2.24) is 0 Å². The Morgan fingerprint density at radius 2 is 1.74 bits per heavy atom. The van der Waals surface area contributed by atoms with Crippen molar-refractivity contribution in [3.63, 3.8) is 0 Å². The first-order chi connectivity index (χ1) is 9.31. The molecular formula is C17H26O2. The van der Waals surface area contributed by atoms with E-state index in [0.29, 0.717) is 0 Å². The fourth-order valence-electron chi connectivity index (χ4n) is 1.74. The van der Waals surface area contributed by atoms with Crippen LogP contribution < -0.4 is 9.47 Å². The van der Waals surface area contributed by atoms with Gasteiger partial charge < -0.3 is 9.47 Å². The van der Waals surface area contributed by atoms with E-state index in [4.69, 9.17) is 9.47 Å². The second-order valence-electron chi connectivity index (χ2n) is 4.67. The first-order valence-electron chi connectivity index (χ1n) is 7.31. The summed E-state index contributed by atoms with van der Waals surface area (Å²) in [5, 5.41) is 0. The fourth-order valence-corrected chi connectivity index (χ4v) is 1.74. The topological polar surface area (TPSA) is 18.5 Å². The predicted molar refractivity (Wildman–Crippen MR) is 81.1 cm³/mol. The lowest BCUT2D eigenvalue weighted by atomic mass is 10.1. The van der Waals surface area contributed by atoms with Crippen LogP contribution in [0.5, 0.6) is 11.5 Å². The molecule has 0 aliphatic carbocycles. The highest BCUT2D eigenvalue weighted by Gasteiger charge is 2.05. The van der Waals surface area contributed by atoms with Gasteiger partial charge in [-0.3, -0.25) is 0 Å². The average Bonchev–Trinajstić information content (AvgIpc) is 2.42. The van der Waals surface area contributed by atoms with E-state index in [1.807, 2.05) is 18.2 Å². The normalized spacial score (nSPS) is 10.2. The van der Waals surface area contributed by atoms with Crippen LogP contribution in [0, 0.1) is 0 Å². The quantitative estimate of drug-likeness (QED) is 0.446. The standard InChI is InChI=1S/C17H26O2/c1-4-7-12-18-16-11-10-15(9-6-3)17(14-16)19-13-8-5-2/h6,10-11,14H,3-5,7-9,12-13H2,1-2H3. The molecule has 0 bridgehead atoms. The van der Waals surface area contributed by atoms with Gasteiger partial charge in [0.15, 0.2) is 0 Å². The summed E-state index contributed by atoms with van der Waals surface area (Å²) in [5.74, 6) is 1.83. The summed E-state index contributed by atoms with van der Waals surface area (Å²) >= 11 is 0. The maximum atomic E-state index is 5.85. The van der Waals surface area contributed by atoms with Gasteiger partial charge in [0.05, 0.1) is 13.2 Å². The van der Waals surface area contributed by atoms with Gasteiger partial charge in [0.25, 0.3) is 0 Å². The Labute approximate surface area is 117 Å². The molecule has 1 aromatic rings. The predicted octanol–water partition coefficient (Wildman–Crippen LogP) is 4.77. The molecule has 0 aliphatic rings. The minimum atomic E-state index is 0.763. The van der Waals surface area contributed by atoms with E-state index in [2.05, 4.69) is 26.5 Å². The molecule has 1 aromatic carbocycles. The zero-order valence-electron chi connectivity index (χ0n) is 12.3. The van der Waals surface area contributed by atoms with Crippen molar-refractivity contribution in [2.24, 2.45) is 0 Å². The van der Waals surface area contributed by atoms with E-state index < -0.39 is 0 Å². The molecule has 0 aliphatic heterocycles. The summed E-state index contributed by atoms with van der Waals surface area (Å²) in [7, 11) is 0. The van der Waals surface area contributed by atoms with E-state index in [0.717, 1.165) is 56.8 Å². The Hall–Kier alpha value is -1.44. The van der Waals surface area contributed by atoms with Gasteiger partial charge in [-0.2, -0.15) is 0 Å². The molecule has 0 fully saturated rings. The number of hydrogen-bond acceptors (Lipinski definition) is 2. The molecule has 0 saturated carbocycles. The lowest BCUT2D eigenvalue weighted by Crippen LogP contribution is -2.01. The highest BCUT2D eigenvalue weighted by Crippen LogP contribution is 2.26. The van der Waals surface area contributed by atoms with E-state index >= 15 is 0 Å². The molecular weight excluding hydrogens is 236 g/mol. The maximum Gasteiger partial charge on any atom is 0.126 e. The molecule has 0 radical (unpaired) electrons. The van der Waals surface area contributed by atoms with Gasteiger partial charge in [0.1, 0.15) is 11.5 Å². The third-order valence-electron chi connectivity index (χ3n) is 2.92. The molecule has 19 heavy (non-hydrogen) atoms. The van der Waals surface area contributed by atoms with Gasteiger partial charge >= 0.3 is 0 Å². The SMILES string of the molecule is C=CCc1ccc(OCCCC)cc1OCCCC. The highest BCUT2D eigenvalue weighted by molar-refractivity contribution is 5.41. The van der Waals surface area contributed by atoms with Crippen LogP contribution in [0.25, 0.3) is 0 Å². The first kappa shape index (κ1) is 15.6. The van der Waals surface area contributed by atoms with Crippen LogP contribution in [-0.2, 0) is 6.42 Å². The Balaban J connectivity index is 2.69. The van der Waals surface area contributed by atoms with Gasteiger partial charge in [-0.1, -0.05) is 38.8 Å². The number of benzene rings is 1. The molecule has 0 amide bonds. The second-order valence-corrected chi connectivity index (χ2v) is 4.67. The van der Waals surface area contributed by atoms with Gasteiger partial charge in [-0.25, -0.2) is 0 Å². The van der Waals surface area contributed by atoms with Crippen LogP contribution in [0.15, 0.2) is 30.9 Å². The molecule has 0 atom stereocenters. The van der Waals surface area contributed by atoms with Gasteiger partial charge in [0, 0.05) is 6.07 Å². The summed E-state index contributed by atoms with van der Waals surface area (Å²) in [6.07, 6.45) is 7.18. The number of hydrogen-bond donors (Lipinski definition) is 0. The van der Waals surface area contributed by atoms with Crippen molar-refractivity contribution < 1.29 is 9.47 Å². The van der Waals surface area contributed by atoms with Gasteiger partial charge in [-0.05, 0) is 30.9 Å². The van der Waals surface area contributed by atoms with Crippen LogP contribution in [0.4, 0.5) is 0 Å². The first-order valence-corrected chi connectivity index (χ1v) is 7.31. The monoisotopic (exact) mass is 262 g/mol. The summed E-state index contributed by atoms with van der Waals surface area (Å²) in [6.45, 7) is 9.65. The maximum absolute atomic E-state index is 5.85. The van der Waals surface area contributed by atoms with Gasteiger partial charge in [-0.15, -0.1) is 6.58 Å². The summed E-state index contributed by atoms with van der Waals surface area (Å²) in [5.41, 5.74) is 1.17. The van der Waals surface area contributed by atoms with E-state index in [1.165, 1.54) is 5.56 Å². The molecule has 0 N–H and O–H groups in total. The lowest BCUT2D eigenvalue weighted by Gasteiger charge is -2.13. The van der Waals surface area contributed by atoms with Crippen LogP contribution in [0.3, 0.4) is 0 Å². The van der Waals surface area contributed by atoms with Gasteiger partial charge in [0.2, 0.25) is 0 Å². The van der Waals surface area contributed by atoms with Crippen LogP contribution >= 0.6 is 0 Å². The molecule has 106 valence electrons. The molecule has 0 unspecified atom stereocenters. The van der Waals surface area contributed by atoms with E-state index in [9.17, 15) is 0 Å².